The van der Waals surface area contributed by atoms with E-state index in [2.05, 4.69) is 20.6 Å². The summed E-state index contributed by atoms with van der Waals surface area (Å²) in [6.45, 7) is 2.16. The van der Waals surface area contributed by atoms with Crippen LogP contribution in [-0.2, 0) is 22.6 Å². The lowest BCUT2D eigenvalue weighted by Gasteiger charge is -2.24. The van der Waals surface area contributed by atoms with Crippen molar-refractivity contribution in [1.29, 1.82) is 0 Å². The predicted octanol–water partition coefficient (Wildman–Crippen LogP) is 3.26. The Kier molecular flexibility index (Phi) is 8.86. The number of carbonyl (C=O) groups is 3. The molecular weight excluding hydrogens is 538 g/mol. The fraction of sp³-hybridized carbons (Fsp3) is 0.290. The van der Waals surface area contributed by atoms with Crippen LogP contribution in [0.3, 0.4) is 0 Å². The van der Waals surface area contributed by atoms with Gasteiger partial charge in [-0.3, -0.25) is 14.4 Å². The van der Waals surface area contributed by atoms with Gasteiger partial charge in [0.15, 0.2) is 11.5 Å². The Labute approximate surface area is 243 Å². The van der Waals surface area contributed by atoms with Gasteiger partial charge in [0.1, 0.15) is 17.5 Å². The van der Waals surface area contributed by atoms with Crippen LogP contribution < -0.4 is 20.1 Å². The number of fused-ring (bicyclic) bond motifs is 5. The number of hydrogen-bond acceptors (Lipinski definition) is 7. The highest BCUT2D eigenvalue weighted by molar-refractivity contribution is 5.97. The smallest absolute Gasteiger partial charge is 0.255 e. The normalized spacial score (nSPS) is 16.4. The molecule has 11 nitrogen and oxygen atoms in total. The van der Waals surface area contributed by atoms with E-state index in [4.69, 9.17) is 13.9 Å². The molecule has 5 rings (SSSR count). The summed E-state index contributed by atoms with van der Waals surface area (Å²) in [4.78, 5) is 48.9. The molecule has 3 amide bonds. The number of amides is 3. The van der Waals surface area contributed by atoms with Crippen LogP contribution in [-0.4, -0.2) is 65.4 Å². The highest BCUT2D eigenvalue weighted by atomic mass is 16.5. The molecule has 218 valence electrons. The van der Waals surface area contributed by atoms with Gasteiger partial charge in [0.25, 0.3) is 5.91 Å². The molecule has 1 atom stereocenters. The molecule has 1 aliphatic rings. The van der Waals surface area contributed by atoms with Gasteiger partial charge >= 0.3 is 0 Å². The van der Waals surface area contributed by atoms with Crippen LogP contribution in [0.5, 0.6) is 11.5 Å². The zero-order valence-corrected chi connectivity index (χ0v) is 23.5. The van der Waals surface area contributed by atoms with E-state index in [1.165, 1.54) is 4.90 Å². The largest absolute Gasteiger partial charge is 0.493 e. The quantitative estimate of drug-likeness (QED) is 0.342. The van der Waals surface area contributed by atoms with Crippen LogP contribution in [0, 0.1) is 6.92 Å². The Hall–Kier alpha value is -5.06. The lowest BCUT2D eigenvalue weighted by Crippen LogP contribution is -2.51. The third kappa shape index (κ3) is 6.80. The number of nitrogens with zero attached hydrogens (tertiary/aromatic N) is 2. The summed E-state index contributed by atoms with van der Waals surface area (Å²) in [7, 11) is 1.55. The van der Waals surface area contributed by atoms with Gasteiger partial charge in [-0.25, -0.2) is 4.98 Å². The number of H-pyrrole nitrogens is 1. The Morgan fingerprint density at radius 1 is 1.14 bits per heavy atom. The molecule has 2 aromatic carbocycles. The molecule has 4 aromatic rings. The number of oxazole rings is 1. The number of nitrogens with one attached hydrogen (secondary N) is 3. The van der Waals surface area contributed by atoms with Crippen molar-refractivity contribution >= 4 is 17.7 Å². The number of ether oxygens (including phenoxy) is 2. The minimum Gasteiger partial charge on any atom is -0.493 e. The van der Waals surface area contributed by atoms with Crippen molar-refractivity contribution in [2.24, 2.45) is 0 Å². The SMILES string of the molecule is COc1ccc2cc1OCCCN(C(=O)c1cc[nH]c1)CC(=O)N[C@H](Cc1ccccc1)C(=O)NCc1nc-2oc1C. The van der Waals surface area contributed by atoms with Crippen molar-refractivity contribution < 1.29 is 28.3 Å². The summed E-state index contributed by atoms with van der Waals surface area (Å²) < 4.78 is 17.4. The monoisotopic (exact) mass is 571 g/mol. The second-order valence-corrected chi connectivity index (χ2v) is 9.94. The molecule has 42 heavy (non-hydrogen) atoms. The molecule has 0 aliphatic carbocycles. The second-order valence-electron chi connectivity index (χ2n) is 9.94. The van der Waals surface area contributed by atoms with Crippen LogP contribution in [0.25, 0.3) is 11.5 Å². The lowest BCUT2D eigenvalue weighted by atomic mass is 10.0. The van der Waals surface area contributed by atoms with E-state index in [0.717, 1.165) is 5.56 Å². The summed E-state index contributed by atoms with van der Waals surface area (Å²) in [5.74, 6) is 0.831. The number of benzene rings is 2. The van der Waals surface area contributed by atoms with Crippen molar-refractivity contribution in [1.82, 2.24) is 25.5 Å². The van der Waals surface area contributed by atoms with Gasteiger partial charge in [0.05, 0.1) is 32.4 Å². The fourth-order valence-corrected chi connectivity index (χ4v) is 4.73. The molecule has 11 heteroatoms. The first-order valence-corrected chi connectivity index (χ1v) is 13.7. The van der Waals surface area contributed by atoms with E-state index in [1.807, 2.05) is 36.4 Å². The Bertz CT molecular complexity index is 1530. The van der Waals surface area contributed by atoms with Crippen molar-refractivity contribution in [3.8, 4) is 23.0 Å². The Morgan fingerprint density at radius 3 is 2.74 bits per heavy atom. The van der Waals surface area contributed by atoms with Gasteiger partial charge < -0.3 is 34.4 Å². The van der Waals surface area contributed by atoms with Gasteiger partial charge in [0.2, 0.25) is 17.7 Å². The summed E-state index contributed by atoms with van der Waals surface area (Å²) in [5.41, 5.74) is 2.56. The zero-order valence-electron chi connectivity index (χ0n) is 23.5. The Morgan fingerprint density at radius 2 is 1.98 bits per heavy atom. The molecule has 0 fully saturated rings. The fourth-order valence-electron chi connectivity index (χ4n) is 4.73. The first-order valence-electron chi connectivity index (χ1n) is 13.7. The maximum Gasteiger partial charge on any atom is 0.255 e. The van der Waals surface area contributed by atoms with Crippen molar-refractivity contribution in [2.75, 3.05) is 26.8 Å². The van der Waals surface area contributed by atoms with E-state index in [9.17, 15) is 14.4 Å². The molecule has 1 aliphatic heterocycles. The van der Waals surface area contributed by atoms with Crippen LogP contribution in [0.2, 0.25) is 0 Å². The van der Waals surface area contributed by atoms with E-state index in [-0.39, 0.29) is 44.5 Å². The second kappa shape index (κ2) is 13.1. The van der Waals surface area contributed by atoms with Gasteiger partial charge in [-0.2, -0.15) is 0 Å². The number of hydrogen-bond donors (Lipinski definition) is 3. The first-order chi connectivity index (χ1) is 20.4. The van der Waals surface area contributed by atoms with Crippen molar-refractivity contribution in [3.05, 3.63) is 89.6 Å². The van der Waals surface area contributed by atoms with Crippen molar-refractivity contribution in [2.45, 2.75) is 32.4 Å². The van der Waals surface area contributed by atoms with Crippen LogP contribution >= 0.6 is 0 Å². The zero-order chi connectivity index (χ0) is 29.5. The minimum absolute atomic E-state index is 0.104. The highest BCUT2D eigenvalue weighted by Crippen LogP contribution is 2.33. The van der Waals surface area contributed by atoms with Crippen LogP contribution in [0.15, 0.2) is 71.4 Å². The molecule has 4 bridgehead atoms. The molecule has 0 spiro atoms. The van der Waals surface area contributed by atoms with Gasteiger partial charge in [-0.1, -0.05) is 30.3 Å². The van der Waals surface area contributed by atoms with E-state index in [1.54, 1.807) is 44.6 Å². The van der Waals surface area contributed by atoms with Crippen LogP contribution in [0.1, 0.15) is 33.8 Å². The lowest BCUT2D eigenvalue weighted by molar-refractivity contribution is -0.129. The van der Waals surface area contributed by atoms with E-state index < -0.39 is 11.9 Å². The molecule has 2 aromatic heterocycles. The third-order valence-corrected chi connectivity index (χ3v) is 6.96. The Balaban J connectivity index is 1.45. The van der Waals surface area contributed by atoms with Crippen LogP contribution in [0.4, 0.5) is 0 Å². The molecular formula is C31H33N5O6. The summed E-state index contributed by atoms with van der Waals surface area (Å²) >= 11 is 0. The highest BCUT2D eigenvalue weighted by Gasteiger charge is 2.25. The van der Waals surface area contributed by atoms with Crippen molar-refractivity contribution in [3.63, 3.8) is 0 Å². The van der Waals surface area contributed by atoms with Gasteiger partial charge in [-0.05, 0) is 43.2 Å². The molecule has 0 saturated heterocycles. The number of carbonyl (C=O) groups excluding carboxylic acids is 3. The maximum atomic E-state index is 13.4. The molecule has 3 heterocycles. The standard InChI is InChI=1S/C31H33N5O6/c1-20-25-18-33-29(38)24(15-21-7-4-3-5-8-21)34-28(37)19-36(31(39)23-11-12-32-17-23)13-6-14-41-27-16-22(30(35-25)42-20)9-10-26(27)40-2/h3-5,7-12,16-17,24,32H,6,13-15,18-19H2,1-2H3,(H,33,38)(H,34,37)/t24-/m1/s1. The number of aryl methyl sites for hydroxylation is 1. The number of aromatic amines is 1. The molecule has 0 saturated carbocycles. The maximum absolute atomic E-state index is 13.4. The minimum atomic E-state index is -0.873. The van der Waals surface area contributed by atoms with Gasteiger partial charge in [0, 0.05) is 30.9 Å². The van der Waals surface area contributed by atoms with E-state index in [0.29, 0.717) is 46.4 Å². The molecule has 0 radical (unpaired) electrons. The summed E-state index contributed by atoms with van der Waals surface area (Å²) in [6, 6.07) is 15.6. The number of aromatic nitrogens is 2. The number of rotatable bonds is 4. The number of methoxy groups -OCH3 is 1. The average Bonchev–Trinajstić information content (AvgIpc) is 3.67. The topological polar surface area (TPSA) is 139 Å². The van der Waals surface area contributed by atoms with Gasteiger partial charge in [-0.15, -0.1) is 0 Å². The van der Waals surface area contributed by atoms with E-state index >= 15 is 0 Å². The summed E-state index contributed by atoms with van der Waals surface area (Å²) in [5, 5.41) is 5.73. The average molecular weight is 572 g/mol. The summed E-state index contributed by atoms with van der Waals surface area (Å²) in [6.07, 6.45) is 3.94. The predicted molar refractivity (Wildman–Crippen MR) is 154 cm³/mol. The molecule has 3 N–H and O–H groups in total. The molecule has 0 unspecified atom stereocenters. The third-order valence-electron chi connectivity index (χ3n) is 6.96. The first kappa shape index (κ1) is 28.5.